The number of aromatic nitrogens is 2. The molecule has 44 heavy (non-hydrogen) atoms. The molecule has 2 aromatic heterocycles. The third-order valence-corrected chi connectivity index (χ3v) is 9.00. The van der Waals surface area contributed by atoms with Crippen molar-refractivity contribution >= 4 is 49.3 Å². The summed E-state index contributed by atoms with van der Waals surface area (Å²) >= 11 is 0. The van der Waals surface area contributed by atoms with Crippen molar-refractivity contribution in [2.24, 2.45) is 0 Å². The van der Waals surface area contributed by atoms with Gasteiger partial charge in [-0.25, -0.2) is 0 Å². The first-order valence-corrected chi connectivity index (χ1v) is 15.2. The molecule has 1 aliphatic rings. The van der Waals surface area contributed by atoms with Gasteiger partial charge < -0.3 is 14.5 Å². The fraction of sp³-hybridized carbons (Fsp3) is 0.0500. The van der Waals surface area contributed by atoms with Crippen LogP contribution in [0.5, 0.6) is 0 Å². The van der Waals surface area contributed by atoms with E-state index in [1.807, 2.05) is 0 Å². The average Bonchev–Trinajstić information content (AvgIpc) is 3.61. The van der Waals surface area contributed by atoms with Gasteiger partial charge in [-0.15, -0.1) is 0 Å². The third kappa shape index (κ3) is 3.89. The second-order valence-electron chi connectivity index (χ2n) is 11.5. The summed E-state index contributed by atoms with van der Waals surface area (Å²) in [7, 11) is 0. The highest BCUT2D eigenvalue weighted by Gasteiger charge is 2.27. The largest absolute Gasteiger partial charge is 0.352 e. The Labute approximate surface area is 255 Å². The minimum absolute atomic E-state index is 0.0470. The number of benzene rings is 6. The lowest BCUT2D eigenvalue weighted by Crippen LogP contribution is -2.43. The Kier molecular flexibility index (Phi) is 5.68. The summed E-state index contributed by atoms with van der Waals surface area (Å²) in [4.78, 5) is 0. The number of fused-ring (bicyclic) bond motifs is 6. The first kappa shape index (κ1) is 25.0. The zero-order valence-electron chi connectivity index (χ0n) is 24.1. The minimum atomic E-state index is -0.165. The number of nitrogens with zero attached hydrogens (tertiary/aromatic N) is 2. The van der Waals surface area contributed by atoms with Crippen LogP contribution in [-0.4, -0.2) is 9.13 Å². The summed E-state index contributed by atoms with van der Waals surface area (Å²) in [6, 6.07) is 54.4. The summed E-state index contributed by atoms with van der Waals surface area (Å²) in [6.45, 7) is 0. The van der Waals surface area contributed by atoms with Gasteiger partial charge in [-0.2, -0.15) is 0 Å². The Hall–Kier alpha value is -5.58. The Morgan fingerprint density at radius 2 is 1.02 bits per heavy atom. The number of hydrogen-bond acceptors (Lipinski definition) is 2. The molecule has 0 amide bonds. The Morgan fingerprint density at radius 3 is 1.70 bits per heavy atom. The lowest BCUT2D eigenvalue weighted by molar-refractivity contribution is 0.350. The van der Waals surface area contributed by atoms with Crippen molar-refractivity contribution in [3.63, 3.8) is 0 Å². The van der Waals surface area contributed by atoms with E-state index >= 15 is 0 Å². The molecule has 4 nitrogen and oxygen atoms in total. The third-order valence-electron chi connectivity index (χ3n) is 9.00. The maximum Gasteiger partial charge on any atom is 0.160 e. The predicted molar refractivity (Wildman–Crippen MR) is 183 cm³/mol. The van der Waals surface area contributed by atoms with E-state index in [1.54, 1.807) is 0 Å². The molecule has 3 heterocycles. The van der Waals surface area contributed by atoms with Crippen LogP contribution in [0.2, 0.25) is 0 Å². The molecule has 2 unspecified atom stereocenters. The van der Waals surface area contributed by atoms with Crippen LogP contribution in [0, 0.1) is 0 Å². The molecule has 0 bridgehead atoms. The lowest BCUT2D eigenvalue weighted by atomic mass is 10.0. The molecule has 2 N–H and O–H groups in total. The van der Waals surface area contributed by atoms with Gasteiger partial charge in [0.1, 0.15) is 0 Å². The van der Waals surface area contributed by atoms with Crippen molar-refractivity contribution in [1.29, 1.82) is 0 Å². The summed E-state index contributed by atoms with van der Waals surface area (Å²) in [5, 5.41) is 12.8. The van der Waals surface area contributed by atoms with Gasteiger partial charge in [-0.3, -0.25) is 5.32 Å². The van der Waals surface area contributed by atoms with Gasteiger partial charge in [0, 0.05) is 32.9 Å². The second-order valence-corrected chi connectivity index (χ2v) is 11.5. The zero-order chi connectivity index (χ0) is 29.0. The molecule has 9 rings (SSSR count). The summed E-state index contributed by atoms with van der Waals surface area (Å²) < 4.78 is 4.82. The fourth-order valence-electron chi connectivity index (χ4n) is 7.02. The standard InChI is InChI=1S/C40H30N4/c1-3-13-27(14-4-1)34-26-35(28-15-5-2-6-16-28)42-40(41-34)44-38-22-12-9-19-32(38)33-25-29(23-24-39(33)44)43-36-20-10-7-17-30(36)31-18-8-11-21-37(31)43/h1-26,34,40-42H. The van der Waals surface area contributed by atoms with Crippen LogP contribution in [0.25, 0.3) is 55.0 Å². The SMILES string of the molecule is C1=C(c2ccccc2)NC(n2c3ccccc3c3cc(-n4c5ccccc5c5ccccc54)ccc32)NC1c1ccccc1. The molecule has 0 spiro atoms. The Morgan fingerprint density at radius 1 is 0.477 bits per heavy atom. The molecule has 0 saturated heterocycles. The maximum atomic E-state index is 3.92. The predicted octanol–water partition coefficient (Wildman–Crippen LogP) is 9.32. The van der Waals surface area contributed by atoms with Crippen molar-refractivity contribution < 1.29 is 0 Å². The fourth-order valence-corrected chi connectivity index (χ4v) is 7.02. The van der Waals surface area contributed by atoms with E-state index in [2.05, 4.69) is 178 Å². The van der Waals surface area contributed by atoms with Gasteiger partial charge in [-0.05, 0) is 53.6 Å². The Bertz CT molecular complexity index is 2290. The van der Waals surface area contributed by atoms with Crippen LogP contribution in [0.4, 0.5) is 0 Å². The number of hydrogen-bond donors (Lipinski definition) is 2. The quantitative estimate of drug-likeness (QED) is 0.223. The van der Waals surface area contributed by atoms with Crippen molar-refractivity contribution in [2.75, 3.05) is 0 Å². The topological polar surface area (TPSA) is 33.9 Å². The van der Waals surface area contributed by atoms with Crippen LogP contribution in [0.3, 0.4) is 0 Å². The highest BCUT2D eigenvalue weighted by atomic mass is 15.3. The minimum Gasteiger partial charge on any atom is -0.352 e. The van der Waals surface area contributed by atoms with Crippen LogP contribution in [0.15, 0.2) is 158 Å². The van der Waals surface area contributed by atoms with Crippen LogP contribution >= 0.6 is 0 Å². The van der Waals surface area contributed by atoms with Crippen molar-refractivity contribution in [3.8, 4) is 5.69 Å². The van der Waals surface area contributed by atoms with Crippen molar-refractivity contribution in [3.05, 3.63) is 169 Å². The summed E-state index contributed by atoms with van der Waals surface area (Å²) in [5.74, 6) is 0. The second kappa shape index (κ2) is 10.0. The van der Waals surface area contributed by atoms with E-state index in [4.69, 9.17) is 0 Å². The number of rotatable bonds is 4. The van der Waals surface area contributed by atoms with Gasteiger partial charge in [0.2, 0.25) is 0 Å². The summed E-state index contributed by atoms with van der Waals surface area (Å²) in [5.41, 5.74) is 9.50. The van der Waals surface area contributed by atoms with Gasteiger partial charge in [0.05, 0.1) is 28.1 Å². The smallest absolute Gasteiger partial charge is 0.160 e. The van der Waals surface area contributed by atoms with E-state index in [9.17, 15) is 0 Å². The van der Waals surface area contributed by atoms with Crippen LogP contribution < -0.4 is 10.6 Å². The molecule has 0 fully saturated rings. The van der Waals surface area contributed by atoms with E-state index in [0.717, 1.165) is 11.4 Å². The zero-order valence-corrected chi connectivity index (χ0v) is 24.1. The van der Waals surface area contributed by atoms with Gasteiger partial charge in [0.15, 0.2) is 6.29 Å². The van der Waals surface area contributed by atoms with Crippen LogP contribution in [0.1, 0.15) is 23.5 Å². The normalized spacial score (nSPS) is 16.9. The molecule has 1 aliphatic heterocycles. The molecule has 0 saturated carbocycles. The van der Waals surface area contributed by atoms with Crippen LogP contribution in [-0.2, 0) is 0 Å². The van der Waals surface area contributed by atoms with Gasteiger partial charge in [-0.1, -0.05) is 115 Å². The molecular weight excluding hydrogens is 536 g/mol. The molecule has 4 heteroatoms. The molecule has 210 valence electrons. The van der Waals surface area contributed by atoms with E-state index in [-0.39, 0.29) is 12.3 Å². The van der Waals surface area contributed by atoms with E-state index < -0.39 is 0 Å². The summed E-state index contributed by atoms with van der Waals surface area (Å²) in [6.07, 6.45) is 2.14. The van der Waals surface area contributed by atoms with Crippen molar-refractivity contribution in [2.45, 2.75) is 12.3 Å². The first-order valence-electron chi connectivity index (χ1n) is 15.2. The van der Waals surface area contributed by atoms with E-state index in [1.165, 1.54) is 54.7 Å². The highest BCUT2D eigenvalue weighted by molar-refractivity contribution is 6.11. The monoisotopic (exact) mass is 566 g/mol. The van der Waals surface area contributed by atoms with Gasteiger partial charge >= 0.3 is 0 Å². The highest BCUT2D eigenvalue weighted by Crippen LogP contribution is 2.38. The van der Waals surface area contributed by atoms with Gasteiger partial charge in [0.25, 0.3) is 0 Å². The lowest BCUT2D eigenvalue weighted by Gasteiger charge is -2.34. The Balaban J connectivity index is 1.24. The molecular formula is C40H30N4. The number of para-hydroxylation sites is 3. The number of nitrogens with one attached hydrogen (secondary N) is 2. The molecule has 2 atom stereocenters. The average molecular weight is 567 g/mol. The molecule has 8 aromatic rings. The maximum absolute atomic E-state index is 3.92. The molecule has 0 aliphatic carbocycles. The van der Waals surface area contributed by atoms with E-state index in [0.29, 0.717) is 0 Å². The van der Waals surface area contributed by atoms with Crippen molar-refractivity contribution in [1.82, 2.24) is 19.8 Å². The first-order chi connectivity index (χ1) is 21.8. The molecule has 6 aromatic carbocycles. The molecule has 0 radical (unpaired) electrons.